The van der Waals surface area contributed by atoms with Crippen LogP contribution in [0.4, 0.5) is 0 Å². The van der Waals surface area contributed by atoms with E-state index in [0.717, 1.165) is 38.1 Å². The zero-order valence-corrected chi connectivity index (χ0v) is 16.6. The summed E-state index contributed by atoms with van der Waals surface area (Å²) >= 11 is 12.3. The molecule has 2 fully saturated rings. The first-order valence-corrected chi connectivity index (χ1v) is 10.0. The van der Waals surface area contributed by atoms with Gasteiger partial charge in [0.15, 0.2) is 0 Å². The average molecular weight is 384 g/mol. The zero-order valence-electron chi connectivity index (χ0n) is 15.1. The van der Waals surface area contributed by atoms with E-state index in [1.54, 1.807) is 0 Å². The van der Waals surface area contributed by atoms with Crippen molar-refractivity contribution in [3.05, 3.63) is 29.8 Å². The molecule has 0 spiro atoms. The summed E-state index contributed by atoms with van der Waals surface area (Å²) in [5, 5.41) is 0. The molecule has 1 saturated carbocycles. The van der Waals surface area contributed by atoms with Crippen LogP contribution in [0, 0.1) is 11.3 Å². The number of carbonyl (C=O) groups is 1. The Hall–Kier alpha value is -0.930. The van der Waals surface area contributed by atoms with Crippen LogP contribution < -0.4 is 4.74 Å². The molecule has 1 aromatic carbocycles. The molecule has 0 aromatic heterocycles. The highest BCUT2D eigenvalue weighted by atomic mass is 35.5. The predicted molar refractivity (Wildman–Crippen MR) is 102 cm³/mol. The monoisotopic (exact) mass is 383 g/mol. The van der Waals surface area contributed by atoms with Crippen LogP contribution in [-0.4, -0.2) is 34.8 Å². The van der Waals surface area contributed by atoms with E-state index < -0.39 is 9.75 Å². The zero-order chi connectivity index (χ0) is 18.1. The Morgan fingerprint density at radius 2 is 1.84 bits per heavy atom. The number of piperidine rings is 1. The number of rotatable bonds is 6. The molecule has 3 nitrogen and oxygen atoms in total. The lowest BCUT2D eigenvalue weighted by atomic mass is 9.90. The van der Waals surface area contributed by atoms with Crippen LogP contribution in [0.5, 0.6) is 5.75 Å². The van der Waals surface area contributed by atoms with Crippen LogP contribution in [0.25, 0.3) is 0 Å². The van der Waals surface area contributed by atoms with Gasteiger partial charge in [-0.3, -0.25) is 4.79 Å². The van der Waals surface area contributed by atoms with Gasteiger partial charge in [-0.2, -0.15) is 0 Å². The predicted octanol–water partition coefficient (Wildman–Crippen LogP) is 4.84. The third-order valence-electron chi connectivity index (χ3n) is 5.71. The Bertz CT molecular complexity index is 609. The van der Waals surface area contributed by atoms with E-state index in [0.29, 0.717) is 18.9 Å². The van der Waals surface area contributed by atoms with Crippen LogP contribution in [0.1, 0.15) is 45.1 Å². The topological polar surface area (TPSA) is 29.5 Å². The van der Waals surface area contributed by atoms with Gasteiger partial charge in [-0.25, -0.2) is 0 Å². The Morgan fingerprint density at radius 1 is 1.24 bits per heavy atom. The highest BCUT2D eigenvalue weighted by Crippen LogP contribution is 2.64. The van der Waals surface area contributed by atoms with Crippen molar-refractivity contribution in [1.82, 2.24) is 4.90 Å². The minimum atomic E-state index is -0.866. The van der Waals surface area contributed by atoms with Gasteiger partial charge >= 0.3 is 0 Å². The molecule has 1 unspecified atom stereocenters. The van der Waals surface area contributed by atoms with E-state index in [9.17, 15) is 4.79 Å². The van der Waals surface area contributed by atoms with Crippen molar-refractivity contribution >= 4 is 29.1 Å². The van der Waals surface area contributed by atoms with E-state index in [1.165, 1.54) is 12.0 Å². The van der Waals surface area contributed by atoms with Gasteiger partial charge in [0.2, 0.25) is 5.91 Å². The van der Waals surface area contributed by atoms with Crippen molar-refractivity contribution in [3.63, 3.8) is 0 Å². The summed E-state index contributed by atoms with van der Waals surface area (Å²) in [6.07, 6.45) is 4.95. The van der Waals surface area contributed by atoms with Crippen LogP contribution in [0.15, 0.2) is 24.3 Å². The second-order valence-corrected chi connectivity index (χ2v) is 9.05. The smallest absolute Gasteiger partial charge is 0.231 e. The van der Waals surface area contributed by atoms with E-state index >= 15 is 0 Å². The van der Waals surface area contributed by atoms with Crippen molar-refractivity contribution in [2.24, 2.45) is 11.3 Å². The highest BCUT2D eigenvalue weighted by Gasteiger charge is 2.68. The second kappa shape index (κ2) is 7.36. The average Bonchev–Trinajstić information content (AvgIpc) is 3.13. The summed E-state index contributed by atoms with van der Waals surface area (Å²) in [7, 11) is 0. The molecule has 1 amide bonds. The molecule has 1 aromatic rings. The molecular formula is C20H27Cl2NO2. The van der Waals surface area contributed by atoms with Crippen molar-refractivity contribution in [2.45, 2.75) is 50.3 Å². The van der Waals surface area contributed by atoms with Crippen LogP contribution in [0.2, 0.25) is 0 Å². The standard InChI is InChI=1S/C20H27Cl2NO2/c1-3-25-17-8-6-15(7-9-17)4-5-16-10-12-23(13-11-16)18(24)19(2)14-20(19,21)22/h6-9,16H,3-5,10-14H2,1-2H3. The molecular weight excluding hydrogens is 357 g/mol. The molecule has 1 aliphatic heterocycles. The quantitative estimate of drug-likeness (QED) is 0.657. The van der Waals surface area contributed by atoms with Crippen molar-refractivity contribution in [1.29, 1.82) is 0 Å². The normalized spacial score (nSPS) is 25.7. The third kappa shape index (κ3) is 4.09. The van der Waals surface area contributed by atoms with E-state index in [1.807, 2.05) is 30.9 Å². The Morgan fingerprint density at radius 3 is 2.36 bits per heavy atom. The van der Waals surface area contributed by atoms with Gasteiger partial charge in [-0.15, -0.1) is 23.2 Å². The number of nitrogens with zero attached hydrogens (tertiary/aromatic N) is 1. The molecule has 5 heteroatoms. The number of carbonyl (C=O) groups excluding carboxylic acids is 1. The molecule has 25 heavy (non-hydrogen) atoms. The summed E-state index contributed by atoms with van der Waals surface area (Å²) < 4.78 is 4.61. The van der Waals surface area contributed by atoms with Crippen molar-refractivity contribution in [2.75, 3.05) is 19.7 Å². The number of hydrogen-bond acceptors (Lipinski definition) is 2. The van der Waals surface area contributed by atoms with Crippen molar-refractivity contribution < 1.29 is 9.53 Å². The molecule has 1 saturated heterocycles. The lowest BCUT2D eigenvalue weighted by Gasteiger charge is -2.34. The number of aryl methyl sites for hydroxylation is 1. The summed E-state index contributed by atoms with van der Waals surface area (Å²) in [6.45, 7) is 6.23. The first-order chi connectivity index (χ1) is 11.9. The van der Waals surface area contributed by atoms with Gasteiger partial charge in [0.25, 0.3) is 0 Å². The minimum Gasteiger partial charge on any atom is -0.494 e. The Balaban J connectivity index is 1.43. The van der Waals surface area contributed by atoms with E-state index in [-0.39, 0.29) is 5.91 Å². The summed E-state index contributed by atoms with van der Waals surface area (Å²) in [5.74, 6) is 1.74. The fourth-order valence-electron chi connectivity index (χ4n) is 3.70. The number of halogens is 2. The number of hydrogen-bond donors (Lipinski definition) is 0. The fraction of sp³-hybridized carbons (Fsp3) is 0.650. The molecule has 0 N–H and O–H groups in total. The molecule has 0 bridgehead atoms. The molecule has 138 valence electrons. The number of benzene rings is 1. The number of alkyl halides is 2. The lowest BCUT2D eigenvalue weighted by molar-refractivity contribution is -0.137. The summed E-state index contributed by atoms with van der Waals surface area (Å²) in [6, 6.07) is 8.39. The van der Waals surface area contributed by atoms with Gasteiger partial charge in [-0.05, 0) is 69.6 Å². The minimum absolute atomic E-state index is 0.127. The number of amides is 1. The Labute approximate surface area is 160 Å². The highest BCUT2D eigenvalue weighted by molar-refractivity contribution is 6.53. The summed E-state index contributed by atoms with van der Waals surface area (Å²) in [4.78, 5) is 14.6. The largest absolute Gasteiger partial charge is 0.494 e. The van der Waals surface area contributed by atoms with Crippen LogP contribution in [0.3, 0.4) is 0 Å². The summed E-state index contributed by atoms with van der Waals surface area (Å²) in [5.41, 5.74) is 0.771. The van der Waals surface area contributed by atoms with Crippen LogP contribution in [-0.2, 0) is 11.2 Å². The maximum atomic E-state index is 12.6. The fourth-order valence-corrected chi connectivity index (χ4v) is 4.39. The molecule has 3 rings (SSSR count). The Kier molecular flexibility index (Phi) is 5.55. The maximum absolute atomic E-state index is 12.6. The third-order valence-corrected chi connectivity index (χ3v) is 6.81. The number of ether oxygens (including phenoxy) is 1. The molecule has 2 aliphatic rings. The first-order valence-electron chi connectivity index (χ1n) is 9.24. The van der Waals surface area contributed by atoms with E-state index in [2.05, 4.69) is 12.1 Å². The van der Waals surface area contributed by atoms with Gasteiger partial charge in [0.05, 0.1) is 12.0 Å². The molecule has 1 aliphatic carbocycles. The molecule has 1 atom stereocenters. The second-order valence-electron chi connectivity index (χ2n) is 7.56. The molecule has 1 heterocycles. The van der Waals surface area contributed by atoms with E-state index in [4.69, 9.17) is 27.9 Å². The van der Waals surface area contributed by atoms with Gasteiger partial charge in [-0.1, -0.05) is 12.1 Å². The van der Waals surface area contributed by atoms with Crippen LogP contribution >= 0.6 is 23.2 Å². The lowest BCUT2D eigenvalue weighted by Crippen LogP contribution is -2.43. The van der Waals surface area contributed by atoms with Gasteiger partial charge in [0.1, 0.15) is 10.1 Å². The molecule has 0 radical (unpaired) electrons. The maximum Gasteiger partial charge on any atom is 0.231 e. The van der Waals surface area contributed by atoms with Gasteiger partial charge in [0, 0.05) is 13.1 Å². The number of likely N-dealkylation sites (tertiary alicyclic amines) is 1. The SMILES string of the molecule is CCOc1ccc(CCC2CCN(C(=O)C3(C)CC3(Cl)Cl)CC2)cc1. The van der Waals surface area contributed by atoms with Crippen molar-refractivity contribution in [3.8, 4) is 5.75 Å². The first kappa shape index (κ1) is 18.8. The van der Waals surface area contributed by atoms with Gasteiger partial charge < -0.3 is 9.64 Å².